The third-order valence-electron chi connectivity index (χ3n) is 1.59. The van der Waals surface area contributed by atoms with Crippen molar-refractivity contribution in [3.05, 3.63) is 33.8 Å². The summed E-state index contributed by atoms with van der Waals surface area (Å²) in [5, 5.41) is 2.01. The normalized spacial score (nSPS) is 10.6. The molecule has 0 aromatic carbocycles. The molecule has 0 amide bonds. The highest BCUT2D eigenvalue weighted by Crippen LogP contribution is 2.25. The number of rotatable bonds is 2. The van der Waals surface area contributed by atoms with Crippen LogP contribution >= 0.6 is 11.3 Å². The summed E-state index contributed by atoms with van der Waals surface area (Å²) in [6, 6.07) is 0. The van der Waals surface area contributed by atoms with E-state index < -0.39 is 0 Å². The molecule has 2 heteroatoms. The van der Waals surface area contributed by atoms with Crippen LogP contribution in [0.2, 0.25) is 0 Å². The Balaban J connectivity index is 0.000000583. The molecule has 1 aromatic heterocycles. The zero-order valence-corrected chi connectivity index (χ0v) is 10.7. The highest BCUT2D eigenvalue weighted by Gasteiger charge is 2.02. The van der Waals surface area contributed by atoms with Gasteiger partial charge in [-0.15, -0.1) is 11.3 Å². The van der Waals surface area contributed by atoms with Crippen LogP contribution in [0.15, 0.2) is 17.8 Å². The van der Waals surface area contributed by atoms with E-state index in [2.05, 4.69) is 20.4 Å². The third-order valence-corrected chi connectivity index (χ3v) is 2.65. The molecule has 1 heterocycles. The quantitative estimate of drug-likeness (QED) is 0.629. The molecule has 0 saturated carbocycles. The number of allylic oxidation sites excluding steroid dienone is 1. The maximum atomic E-state index is 12.5. The lowest BCUT2D eigenvalue weighted by Crippen LogP contribution is -1.74. The molecule has 0 aliphatic carbocycles. The Morgan fingerprint density at radius 2 is 2.07 bits per heavy atom. The summed E-state index contributed by atoms with van der Waals surface area (Å²) in [5.74, 6) is -0.167. The minimum absolute atomic E-state index is 0.167. The van der Waals surface area contributed by atoms with E-state index in [1.807, 2.05) is 12.3 Å². The number of thiophene rings is 1. The lowest BCUT2D eigenvalue weighted by molar-refractivity contribution is 0.648. The van der Waals surface area contributed by atoms with Gasteiger partial charge in [0.2, 0.25) is 0 Å². The number of hydrogen-bond acceptors (Lipinski definition) is 1. The van der Waals surface area contributed by atoms with Crippen molar-refractivity contribution in [2.45, 2.75) is 34.1 Å². The molecule has 0 aliphatic heterocycles. The molecular weight excluding hydrogens is 207 g/mol. The minimum atomic E-state index is -0.167. The van der Waals surface area contributed by atoms with Gasteiger partial charge >= 0.3 is 0 Å². The van der Waals surface area contributed by atoms with Crippen molar-refractivity contribution in [1.29, 1.82) is 0 Å². The van der Waals surface area contributed by atoms with Gasteiger partial charge in [0.1, 0.15) is 0 Å². The second-order valence-electron chi connectivity index (χ2n) is 3.34. The molecule has 0 fully saturated rings. The fourth-order valence-corrected chi connectivity index (χ4v) is 2.06. The molecule has 0 nitrogen and oxygen atoms in total. The van der Waals surface area contributed by atoms with Crippen LogP contribution in [0.25, 0.3) is 12.2 Å². The summed E-state index contributed by atoms with van der Waals surface area (Å²) in [7, 11) is 0. The van der Waals surface area contributed by atoms with Crippen LogP contribution in [0.5, 0.6) is 0 Å². The Kier molecular flexibility index (Phi) is 6.97. The average Bonchev–Trinajstić information content (AvgIpc) is 2.47. The summed E-state index contributed by atoms with van der Waals surface area (Å²) in [6.07, 6.45) is 4.55. The van der Waals surface area contributed by atoms with Crippen LogP contribution in [-0.2, 0) is 0 Å². The van der Waals surface area contributed by atoms with Gasteiger partial charge in [0.15, 0.2) is 0 Å². The predicted molar refractivity (Wildman–Crippen MR) is 69.9 cm³/mol. The van der Waals surface area contributed by atoms with Crippen LogP contribution < -0.4 is 0 Å². The largest absolute Gasteiger partial charge is 0.212 e. The maximum absolute atomic E-state index is 12.5. The first-order valence-electron chi connectivity index (χ1n) is 5.11. The van der Waals surface area contributed by atoms with Crippen LogP contribution in [0, 0.1) is 6.92 Å². The molecule has 0 spiro atoms. The molecule has 0 unspecified atom stereocenters. The fraction of sp³-hybridized carbons (Fsp3) is 0.385. The van der Waals surface area contributed by atoms with Crippen molar-refractivity contribution >= 4 is 23.5 Å². The highest BCUT2D eigenvalue weighted by molar-refractivity contribution is 7.11. The minimum Gasteiger partial charge on any atom is -0.212 e. The zero-order chi connectivity index (χ0) is 11.8. The summed E-state index contributed by atoms with van der Waals surface area (Å²) in [5.41, 5.74) is 2.19. The van der Waals surface area contributed by atoms with E-state index in [1.165, 1.54) is 19.4 Å². The molecule has 0 bridgehead atoms. The van der Waals surface area contributed by atoms with Crippen molar-refractivity contribution in [1.82, 2.24) is 0 Å². The van der Waals surface area contributed by atoms with Gasteiger partial charge in [-0.3, -0.25) is 0 Å². The fourth-order valence-electron chi connectivity index (χ4n) is 1.03. The summed E-state index contributed by atoms with van der Waals surface area (Å²) in [6.45, 7) is 11.4. The molecule has 1 rings (SSSR count). The zero-order valence-electron chi connectivity index (χ0n) is 9.93. The molecule has 1 aromatic rings. The average molecular weight is 226 g/mol. The van der Waals surface area contributed by atoms with Gasteiger partial charge in [-0.1, -0.05) is 32.9 Å². The molecule has 84 valence electrons. The Bertz CT molecular complexity index is 330. The third kappa shape index (κ3) is 4.93. The smallest absolute Gasteiger partial charge is 0.0982 e. The van der Waals surface area contributed by atoms with Crippen molar-refractivity contribution in [3.63, 3.8) is 0 Å². The number of hydrogen-bond donors (Lipinski definition) is 0. The second kappa shape index (κ2) is 7.41. The van der Waals surface area contributed by atoms with Gasteiger partial charge in [-0.05, 0) is 36.4 Å². The SMILES string of the molecule is C=Cc1c(C)csc1/C=C(\C)F.CCC. The molecule has 0 atom stereocenters. The molecule has 15 heavy (non-hydrogen) atoms. The maximum Gasteiger partial charge on any atom is 0.0982 e. The molecular formula is C13H19FS. The van der Waals surface area contributed by atoms with E-state index in [0.717, 1.165) is 16.0 Å². The summed E-state index contributed by atoms with van der Waals surface area (Å²) < 4.78 is 12.5. The number of aryl methyl sites for hydroxylation is 1. The summed E-state index contributed by atoms with van der Waals surface area (Å²) in [4.78, 5) is 0.947. The number of halogens is 1. The topological polar surface area (TPSA) is 0 Å². The Hall–Kier alpha value is -0.890. The van der Waals surface area contributed by atoms with Crippen molar-refractivity contribution in [2.24, 2.45) is 0 Å². The first-order chi connectivity index (χ1) is 7.06. The van der Waals surface area contributed by atoms with Crippen LogP contribution in [-0.4, -0.2) is 0 Å². The van der Waals surface area contributed by atoms with E-state index >= 15 is 0 Å². The Labute approximate surface area is 96.1 Å². The van der Waals surface area contributed by atoms with Crippen molar-refractivity contribution < 1.29 is 4.39 Å². The van der Waals surface area contributed by atoms with Crippen molar-refractivity contribution in [2.75, 3.05) is 0 Å². The van der Waals surface area contributed by atoms with Gasteiger partial charge in [0, 0.05) is 4.88 Å². The van der Waals surface area contributed by atoms with E-state index in [9.17, 15) is 4.39 Å². The second-order valence-corrected chi connectivity index (χ2v) is 4.25. The van der Waals surface area contributed by atoms with Gasteiger partial charge in [0.05, 0.1) is 5.83 Å². The lowest BCUT2D eigenvalue weighted by atomic mass is 10.1. The lowest BCUT2D eigenvalue weighted by Gasteiger charge is -1.92. The molecule has 0 N–H and O–H groups in total. The van der Waals surface area contributed by atoms with Crippen LogP contribution in [0.4, 0.5) is 4.39 Å². The van der Waals surface area contributed by atoms with Crippen molar-refractivity contribution in [3.8, 4) is 0 Å². The van der Waals surface area contributed by atoms with E-state index in [0.29, 0.717) is 0 Å². The Morgan fingerprint density at radius 3 is 2.47 bits per heavy atom. The first-order valence-corrected chi connectivity index (χ1v) is 5.99. The van der Waals surface area contributed by atoms with Gasteiger partial charge in [-0.25, -0.2) is 4.39 Å². The van der Waals surface area contributed by atoms with E-state index in [4.69, 9.17) is 0 Å². The van der Waals surface area contributed by atoms with Crippen LogP contribution in [0.3, 0.4) is 0 Å². The standard InChI is InChI=1S/C10H11FS.C3H8/c1-4-9-7(2)6-12-10(9)5-8(3)11;1-3-2/h4-6H,1H2,2-3H3;3H2,1-2H3/b8-5+;. The molecule has 0 radical (unpaired) electrons. The van der Waals surface area contributed by atoms with E-state index in [-0.39, 0.29) is 5.83 Å². The first kappa shape index (κ1) is 14.1. The monoisotopic (exact) mass is 226 g/mol. The van der Waals surface area contributed by atoms with Crippen LogP contribution in [0.1, 0.15) is 43.2 Å². The Morgan fingerprint density at radius 1 is 1.53 bits per heavy atom. The molecule has 0 aliphatic rings. The summed E-state index contributed by atoms with van der Waals surface area (Å²) >= 11 is 1.54. The van der Waals surface area contributed by atoms with Gasteiger partial charge in [-0.2, -0.15) is 0 Å². The van der Waals surface area contributed by atoms with Gasteiger partial charge < -0.3 is 0 Å². The van der Waals surface area contributed by atoms with E-state index in [1.54, 1.807) is 17.4 Å². The predicted octanol–water partition coefficient (Wildman–Crippen LogP) is 5.45. The molecule has 0 saturated heterocycles. The van der Waals surface area contributed by atoms with Gasteiger partial charge in [0.25, 0.3) is 0 Å². The highest BCUT2D eigenvalue weighted by atomic mass is 32.1.